The van der Waals surface area contributed by atoms with Gasteiger partial charge in [-0.05, 0) is 54.8 Å². The molecule has 1 N–H and O–H groups in total. The molecule has 1 aliphatic rings. The fraction of sp³-hybridized carbons (Fsp3) is 0.316. The maximum absolute atomic E-state index is 12.7. The van der Waals surface area contributed by atoms with Crippen molar-refractivity contribution in [3.05, 3.63) is 52.5 Å². The minimum atomic E-state index is -0.143. The summed E-state index contributed by atoms with van der Waals surface area (Å²) in [6, 6.07) is 11.0. The van der Waals surface area contributed by atoms with E-state index in [-0.39, 0.29) is 12.1 Å². The first-order valence-corrected chi connectivity index (χ1v) is 8.46. The van der Waals surface area contributed by atoms with E-state index in [4.69, 9.17) is 21.1 Å². The number of halogens is 1. The predicted octanol–water partition coefficient (Wildman–Crippen LogP) is 4.34. The molecular weight excluding hydrogens is 340 g/mol. The third kappa shape index (κ3) is 3.66. The van der Waals surface area contributed by atoms with Gasteiger partial charge in [-0.2, -0.15) is 0 Å². The summed E-state index contributed by atoms with van der Waals surface area (Å²) in [6.07, 6.45) is 0.763. The standard InChI is InChI=1S/C19H21ClN2O3/c1-12-7-13-8-17(24-2)18(25-3)9-14(13)11-22(12)19(23)21-16-6-4-5-15(20)10-16/h4-6,8-10,12H,7,11H2,1-3H3,(H,21,23). The average molecular weight is 361 g/mol. The van der Waals surface area contributed by atoms with Crippen molar-refractivity contribution in [1.82, 2.24) is 4.90 Å². The second-order valence-corrected chi connectivity index (χ2v) is 6.53. The topological polar surface area (TPSA) is 50.8 Å². The molecular formula is C19H21ClN2O3. The van der Waals surface area contributed by atoms with Crippen molar-refractivity contribution in [2.24, 2.45) is 0 Å². The van der Waals surface area contributed by atoms with Gasteiger partial charge in [0.15, 0.2) is 11.5 Å². The Bertz CT molecular complexity index is 794. The highest BCUT2D eigenvalue weighted by molar-refractivity contribution is 6.30. The first-order chi connectivity index (χ1) is 12.0. The van der Waals surface area contributed by atoms with Crippen LogP contribution in [0.4, 0.5) is 10.5 Å². The van der Waals surface area contributed by atoms with Crippen LogP contribution in [0.1, 0.15) is 18.1 Å². The Kier molecular flexibility index (Phi) is 5.04. The summed E-state index contributed by atoms with van der Waals surface area (Å²) in [4.78, 5) is 14.5. The summed E-state index contributed by atoms with van der Waals surface area (Å²) in [5, 5.41) is 3.50. The summed E-state index contributed by atoms with van der Waals surface area (Å²) in [7, 11) is 3.24. The Hall–Kier alpha value is -2.40. The molecule has 0 spiro atoms. The molecule has 1 heterocycles. The van der Waals surface area contributed by atoms with E-state index >= 15 is 0 Å². The van der Waals surface area contributed by atoms with Crippen LogP contribution in [0.3, 0.4) is 0 Å². The quantitative estimate of drug-likeness (QED) is 0.886. The van der Waals surface area contributed by atoms with Crippen molar-refractivity contribution >= 4 is 23.3 Å². The van der Waals surface area contributed by atoms with Gasteiger partial charge in [0.1, 0.15) is 0 Å². The number of rotatable bonds is 3. The van der Waals surface area contributed by atoms with Crippen LogP contribution < -0.4 is 14.8 Å². The van der Waals surface area contributed by atoms with E-state index in [0.717, 1.165) is 12.0 Å². The smallest absolute Gasteiger partial charge is 0.322 e. The number of carbonyl (C=O) groups is 1. The number of carbonyl (C=O) groups excluding carboxylic acids is 1. The largest absolute Gasteiger partial charge is 0.493 e. The average Bonchev–Trinajstić information content (AvgIpc) is 2.59. The summed E-state index contributed by atoms with van der Waals surface area (Å²) in [5.74, 6) is 1.39. The second kappa shape index (κ2) is 7.23. The molecule has 1 atom stereocenters. The molecule has 2 aromatic carbocycles. The van der Waals surface area contributed by atoms with Gasteiger partial charge in [0.25, 0.3) is 0 Å². The normalized spacial score (nSPS) is 16.2. The molecule has 1 unspecified atom stereocenters. The highest BCUT2D eigenvalue weighted by Crippen LogP contribution is 2.34. The molecule has 0 aliphatic carbocycles. The molecule has 132 valence electrons. The Morgan fingerprint density at radius 1 is 1.16 bits per heavy atom. The van der Waals surface area contributed by atoms with E-state index in [1.165, 1.54) is 5.56 Å². The monoisotopic (exact) mass is 360 g/mol. The first-order valence-electron chi connectivity index (χ1n) is 8.08. The van der Waals surface area contributed by atoms with Crippen LogP contribution in [0, 0.1) is 0 Å². The number of urea groups is 1. The maximum Gasteiger partial charge on any atom is 0.322 e. The van der Waals surface area contributed by atoms with Crippen LogP contribution in [-0.4, -0.2) is 31.2 Å². The van der Waals surface area contributed by atoms with E-state index in [9.17, 15) is 4.79 Å². The molecule has 0 bridgehead atoms. The number of nitrogens with zero attached hydrogens (tertiary/aromatic N) is 1. The zero-order valence-corrected chi connectivity index (χ0v) is 15.3. The summed E-state index contributed by atoms with van der Waals surface area (Å²) < 4.78 is 10.7. The number of nitrogens with one attached hydrogen (secondary N) is 1. The van der Waals surface area contributed by atoms with Crippen molar-refractivity contribution < 1.29 is 14.3 Å². The zero-order valence-electron chi connectivity index (χ0n) is 14.5. The van der Waals surface area contributed by atoms with Gasteiger partial charge in [-0.1, -0.05) is 17.7 Å². The van der Waals surface area contributed by atoms with Gasteiger partial charge >= 0.3 is 6.03 Å². The molecule has 2 aromatic rings. The SMILES string of the molecule is COc1cc2c(cc1OC)CN(C(=O)Nc1cccc(Cl)c1)C(C)C2. The van der Waals surface area contributed by atoms with Gasteiger partial charge in [-0.15, -0.1) is 0 Å². The predicted molar refractivity (Wildman–Crippen MR) is 98.7 cm³/mol. The summed E-state index contributed by atoms with van der Waals surface area (Å²) in [6.45, 7) is 2.56. The molecule has 2 amide bonds. The van der Waals surface area contributed by atoms with Gasteiger partial charge in [-0.25, -0.2) is 4.79 Å². The maximum atomic E-state index is 12.7. The lowest BCUT2D eigenvalue weighted by atomic mass is 9.94. The van der Waals surface area contributed by atoms with E-state index < -0.39 is 0 Å². The van der Waals surface area contributed by atoms with Crippen molar-refractivity contribution in [1.29, 1.82) is 0 Å². The summed E-state index contributed by atoms with van der Waals surface area (Å²) in [5.41, 5.74) is 2.93. The van der Waals surface area contributed by atoms with E-state index in [1.807, 2.05) is 36.1 Å². The summed E-state index contributed by atoms with van der Waals surface area (Å²) >= 11 is 5.98. The molecule has 6 heteroatoms. The zero-order chi connectivity index (χ0) is 18.0. The Morgan fingerprint density at radius 2 is 1.84 bits per heavy atom. The van der Waals surface area contributed by atoms with Crippen LogP contribution >= 0.6 is 11.6 Å². The minimum absolute atomic E-state index is 0.0739. The number of anilines is 1. The van der Waals surface area contributed by atoms with Crippen LogP contribution in [0.2, 0.25) is 5.02 Å². The molecule has 0 saturated carbocycles. The van der Waals surface area contributed by atoms with Gasteiger partial charge in [0.05, 0.1) is 14.2 Å². The number of benzene rings is 2. The number of hydrogen-bond acceptors (Lipinski definition) is 3. The fourth-order valence-electron chi connectivity index (χ4n) is 3.10. The third-order valence-corrected chi connectivity index (χ3v) is 4.67. The molecule has 0 saturated heterocycles. The first kappa shape index (κ1) is 17.4. The van der Waals surface area contributed by atoms with Gasteiger partial charge < -0.3 is 19.7 Å². The van der Waals surface area contributed by atoms with Crippen LogP contribution in [-0.2, 0) is 13.0 Å². The molecule has 0 aromatic heterocycles. The lowest BCUT2D eigenvalue weighted by Gasteiger charge is -2.35. The molecule has 0 radical (unpaired) electrons. The number of methoxy groups -OCH3 is 2. The van der Waals surface area contributed by atoms with Crippen molar-refractivity contribution in [3.8, 4) is 11.5 Å². The molecule has 1 aliphatic heterocycles. The van der Waals surface area contributed by atoms with Crippen LogP contribution in [0.15, 0.2) is 36.4 Å². The number of ether oxygens (including phenoxy) is 2. The molecule has 25 heavy (non-hydrogen) atoms. The number of hydrogen-bond donors (Lipinski definition) is 1. The fourth-order valence-corrected chi connectivity index (χ4v) is 3.29. The lowest BCUT2D eigenvalue weighted by Crippen LogP contribution is -2.44. The Balaban J connectivity index is 1.82. The number of fused-ring (bicyclic) bond motifs is 1. The minimum Gasteiger partial charge on any atom is -0.493 e. The highest BCUT2D eigenvalue weighted by Gasteiger charge is 2.28. The second-order valence-electron chi connectivity index (χ2n) is 6.10. The van der Waals surface area contributed by atoms with Crippen LogP contribution in [0.5, 0.6) is 11.5 Å². The Labute approximate surface area is 152 Å². The van der Waals surface area contributed by atoms with E-state index in [2.05, 4.69) is 5.32 Å². The number of amides is 2. The van der Waals surface area contributed by atoms with Gasteiger partial charge in [0, 0.05) is 23.3 Å². The van der Waals surface area contributed by atoms with Crippen molar-refractivity contribution in [2.75, 3.05) is 19.5 Å². The molecule has 3 rings (SSSR count). The molecule has 5 nitrogen and oxygen atoms in total. The lowest BCUT2D eigenvalue weighted by molar-refractivity contribution is 0.182. The van der Waals surface area contributed by atoms with Gasteiger partial charge in [0.2, 0.25) is 0 Å². The molecule has 0 fully saturated rings. The Morgan fingerprint density at radius 3 is 2.48 bits per heavy atom. The van der Waals surface area contributed by atoms with Crippen LogP contribution in [0.25, 0.3) is 0 Å². The van der Waals surface area contributed by atoms with Gasteiger partial charge in [-0.3, -0.25) is 0 Å². The van der Waals surface area contributed by atoms with Crippen molar-refractivity contribution in [2.45, 2.75) is 25.9 Å². The highest BCUT2D eigenvalue weighted by atomic mass is 35.5. The van der Waals surface area contributed by atoms with E-state index in [0.29, 0.717) is 28.8 Å². The third-order valence-electron chi connectivity index (χ3n) is 4.43. The van der Waals surface area contributed by atoms with Crippen molar-refractivity contribution in [3.63, 3.8) is 0 Å². The van der Waals surface area contributed by atoms with E-state index in [1.54, 1.807) is 26.4 Å².